The van der Waals surface area contributed by atoms with Crippen LogP contribution in [0, 0.1) is 12.7 Å². The smallest absolute Gasteiger partial charge is 0.317 e. The van der Waals surface area contributed by atoms with E-state index in [4.69, 9.17) is 0 Å². The highest BCUT2D eigenvalue weighted by Gasteiger charge is 2.19. The molecule has 0 saturated heterocycles. The molecular weight excluding hydrogens is 275 g/mol. The van der Waals surface area contributed by atoms with Crippen LogP contribution in [-0.2, 0) is 11.2 Å². The lowest BCUT2D eigenvalue weighted by Crippen LogP contribution is -2.19. The van der Waals surface area contributed by atoms with Crippen LogP contribution in [0.25, 0.3) is 0 Å². The van der Waals surface area contributed by atoms with Crippen molar-refractivity contribution >= 4 is 17.7 Å². The lowest BCUT2D eigenvalue weighted by Gasteiger charge is -2.12. The summed E-state index contributed by atoms with van der Waals surface area (Å²) in [6.45, 7) is 1.99. The van der Waals surface area contributed by atoms with Gasteiger partial charge in [0.25, 0.3) is 0 Å². The first-order valence-corrected chi connectivity index (χ1v) is 7.13. The zero-order valence-electron chi connectivity index (χ0n) is 11.0. The summed E-state index contributed by atoms with van der Waals surface area (Å²) in [6, 6.07) is 13.7. The number of rotatable bonds is 5. The zero-order valence-corrected chi connectivity index (χ0v) is 11.9. The fraction of sp³-hybridized carbons (Fsp3) is 0.188. The van der Waals surface area contributed by atoms with Crippen molar-refractivity contribution in [3.63, 3.8) is 0 Å². The zero-order chi connectivity index (χ0) is 14.5. The van der Waals surface area contributed by atoms with Crippen LogP contribution in [0.1, 0.15) is 11.1 Å². The Morgan fingerprint density at radius 3 is 2.30 bits per heavy atom. The van der Waals surface area contributed by atoms with Crippen LogP contribution in [0.4, 0.5) is 4.39 Å². The predicted molar refractivity (Wildman–Crippen MR) is 78.6 cm³/mol. The Bertz CT molecular complexity index is 531. The normalized spacial score (nSPS) is 12.1. The maximum Gasteiger partial charge on any atom is 0.317 e. The molecule has 0 aliphatic carbocycles. The third-order valence-electron chi connectivity index (χ3n) is 2.91. The molecule has 1 N–H and O–H groups in total. The number of benzene rings is 2. The van der Waals surface area contributed by atoms with Crippen molar-refractivity contribution in [2.24, 2.45) is 0 Å². The van der Waals surface area contributed by atoms with E-state index in [9.17, 15) is 14.3 Å². The SMILES string of the molecule is Cc1ccc(SC(Cc2ccc(F)cc2)C(=O)O)cc1. The van der Waals surface area contributed by atoms with Crippen molar-refractivity contribution in [2.45, 2.75) is 23.5 Å². The summed E-state index contributed by atoms with van der Waals surface area (Å²) in [5, 5.41) is 8.73. The molecule has 0 aliphatic heterocycles. The van der Waals surface area contributed by atoms with Crippen molar-refractivity contribution in [3.05, 3.63) is 65.5 Å². The summed E-state index contributed by atoms with van der Waals surface area (Å²) in [4.78, 5) is 12.3. The van der Waals surface area contributed by atoms with E-state index in [2.05, 4.69) is 0 Å². The second-order valence-electron chi connectivity index (χ2n) is 4.59. The van der Waals surface area contributed by atoms with Crippen LogP contribution in [-0.4, -0.2) is 16.3 Å². The Kier molecular flexibility index (Phi) is 4.79. The van der Waals surface area contributed by atoms with E-state index in [1.807, 2.05) is 31.2 Å². The third kappa shape index (κ3) is 4.10. The predicted octanol–water partition coefficient (Wildman–Crippen LogP) is 3.92. The van der Waals surface area contributed by atoms with E-state index in [0.29, 0.717) is 6.42 Å². The molecule has 2 rings (SSSR count). The molecule has 0 heterocycles. The van der Waals surface area contributed by atoms with E-state index in [1.165, 1.54) is 23.9 Å². The average molecular weight is 290 g/mol. The largest absolute Gasteiger partial charge is 0.480 e. The number of aryl methyl sites for hydroxylation is 1. The van der Waals surface area contributed by atoms with Crippen LogP contribution in [0.15, 0.2) is 53.4 Å². The molecule has 1 unspecified atom stereocenters. The van der Waals surface area contributed by atoms with Crippen molar-refractivity contribution in [1.82, 2.24) is 0 Å². The number of hydrogen-bond acceptors (Lipinski definition) is 2. The maximum absolute atomic E-state index is 12.8. The molecule has 2 aromatic carbocycles. The van der Waals surface area contributed by atoms with Crippen molar-refractivity contribution in [2.75, 3.05) is 0 Å². The molecule has 0 saturated carbocycles. The van der Waals surface area contributed by atoms with Crippen molar-refractivity contribution in [1.29, 1.82) is 0 Å². The van der Waals surface area contributed by atoms with Gasteiger partial charge in [-0.1, -0.05) is 29.8 Å². The van der Waals surface area contributed by atoms with E-state index < -0.39 is 11.2 Å². The number of carboxylic acid groups (broad SMARTS) is 1. The van der Waals surface area contributed by atoms with Gasteiger partial charge in [0, 0.05) is 4.90 Å². The molecule has 0 aromatic heterocycles. The minimum atomic E-state index is -0.861. The number of halogens is 1. The summed E-state index contributed by atoms with van der Waals surface area (Å²) < 4.78 is 12.8. The lowest BCUT2D eigenvalue weighted by atomic mass is 10.1. The van der Waals surface area contributed by atoms with Crippen LogP contribution in [0.3, 0.4) is 0 Å². The fourth-order valence-electron chi connectivity index (χ4n) is 1.80. The maximum atomic E-state index is 12.8. The summed E-state index contributed by atoms with van der Waals surface area (Å²) in [6.07, 6.45) is 0.369. The Morgan fingerprint density at radius 1 is 1.15 bits per heavy atom. The van der Waals surface area contributed by atoms with Crippen LogP contribution >= 0.6 is 11.8 Å². The first-order chi connectivity index (χ1) is 9.54. The van der Waals surface area contributed by atoms with Gasteiger partial charge in [-0.25, -0.2) is 4.39 Å². The topological polar surface area (TPSA) is 37.3 Å². The lowest BCUT2D eigenvalue weighted by molar-refractivity contribution is -0.136. The van der Waals surface area contributed by atoms with Crippen LogP contribution in [0.2, 0.25) is 0 Å². The molecule has 20 heavy (non-hydrogen) atoms. The summed E-state index contributed by atoms with van der Waals surface area (Å²) in [7, 11) is 0. The van der Waals surface area contributed by atoms with E-state index >= 15 is 0 Å². The van der Waals surface area contributed by atoms with Crippen LogP contribution < -0.4 is 0 Å². The molecule has 104 valence electrons. The second-order valence-corrected chi connectivity index (χ2v) is 5.86. The Labute approximate surface area is 121 Å². The van der Waals surface area contributed by atoms with Gasteiger partial charge < -0.3 is 5.11 Å². The third-order valence-corrected chi connectivity index (χ3v) is 4.11. The van der Waals surface area contributed by atoms with Gasteiger partial charge in [0.2, 0.25) is 0 Å². The standard InChI is InChI=1S/C16H15FO2S/c1-11-2-8-14(9-3-11)20-15(16(18)19)10-12-4-6-13(17)7-5-12/h2-9,15H,10H2,1H3,(H,18,19). The van der Waals surface area contributed by atoms with E-state index in [-0.39, 0.29) is 5.82 Å². The average Bonchev–Trinajstić information content (AvgIpc) is 2.42. The first-order valence-electron chi connectivity index (χ1n) is 6.25. The fourth-order valence-corrected chi connectivity index (χ4v) is 2.79. The second kappa shape index (κ2) is 6.57. The van der Waals surface area contributed by atoms with Crippen molar-refractivity contribution in [3.8, 4) is 0 Å². The molecule has 0 radical (unpaired) electrons. The van der Waals surface area contributed by atoms with E-state index in [1.54, 1.807) is 12.1 Å². The Morgan fingerprint density at radius 2 is 1.75 bits per heavy atom. The number of thioether (sulfide) groups is 1. The number of carboxylic acids is 1. The minimum Gasteiger partial charge on any atom is -0.480 e. The number of aliphatic carboxylic acids is 1. The van der Waals surface area contributed by atoms with E-state index in [0.717, 1.165) is 16.0 Å². The summed E-state index contributed by atoms with van der Waals surface area (Å²) in [5.74, 6) is -1.17. The highest BCUT2D eigenvalue weighted by Crippen LogP contribution is 2.26. The minimum absolute atomic E-state index is 0.313. The highest BCUT2D eigenvalue weighted by molar-refractivity contribution is 8.00. The van der Waals surface area contributed by atoms with Gasteiger partial charge in [0.05, 0.1) is 0 Å². The van der Waals surface area contributed by atoms with Gasteiger partial charge in [-0.2, -0.15) is 0 Å². The molecule has 0 fully saturated rings. The summed E-state index contributed by atoms with van der Waals surface area (Å²) >= 11 is 1.31. The monoisotopic (exact) mass is 290 g/mol. The Balaban J connectivity index is 2.09. The van der Waals surface area contributed by atoms with Gasteiger partial charge in [-0.05, 0) is 43.2 Å². The van der Waals surface area contributed by atoms with Gasteiger partial charge >= 0.3 is 5.97 Å². The Hall–Kier alpha value is -1.81. The molecule has 0 bridgehead atoms. The van der Waals surface area contributed by atoms with Gasteiger partial charge in [-0.15, -0.1) is 11.8 Å². The molecule has 0 amide bonds. The molecule has 0 spiro atoms. The first kappa shape index (κ1) is 14.6. The molecular formula is C16H15FO2S. The molecule has 2 nitrogen and oxygen atoms in total. The summed E-state index contributed by atoms with van der Waals surface area (Å²) in [5.41, 5.74) is 1.96. The molecule has 1 atom stereocenters. The quantitative estimate of drug-likeness (QED) is 0.848. The highest BCUT2D eigenvalue weighted by atomic mass is 32.2. The van der Waals surface area contributed by atoms with Gasteiger partial charge in [-0.3, -0.25) is 4.79 Å². The van der Waals surface area contributed by atoms with Crippen LogP contribution in [0.5, 0.6) is 0 Å². The van der Waals surface area contributed by atoms with Gasteiger partial charge in [0.1, 0.15) is 11.1 Å². The van der Waals surface area contributed by atoms with Gasteiger partial charge in [0.15, 0.2) is 0 Å². The molecule has 0 aliphatic rings. The number of hydrogen-bond donors (Lipinski definition) is 1. The van der Waals surface area contributed by atoms with Crippen molar-refractivity contribution < 1.29 is 14.3 Å². The molecule has 2 aromatic rings. The number of carbonyl (C=O) groups is 1. The molecule has 4 heteroatoms.